The molecule has 1 aliphatic rings. The Morgan fingerprint density at radius 1 is 1.11 bits per heavy atom. The van der Waals surface area contributed by atoms with E-state index >= 15 is 0 Å². The van der Waals surface area contributed by atoms with Gasteiger partial charge in [-0.2, -0.15) is 13.2 Å². The Morgan fingerprint density at radius 3 is 2.47 bits per heavy atom. The van der Waals surface area contributed by atoms with E-state index in [9.17, 15) is 31.5 Å². The Morgan fingerprint density at radius 2 is 1.83 bits per heavy atom. The Balaban J connectivity index is 1.76. The third-order valence-electron chi connectivity index (χ3n) is 5.93. The first kappa shape index (κ1) is 27.7. The van der Waals surface area contributed by atoms with E-state index in [0.717, 1.165) is 6.07 Å². The van der Waals surface area contributed by atoms with Crippen LogP contribution in [-0.4, -0.2) is 55.1 Å². The summed E-state index contributed by atoms with van der Waals surface area (Å²) < 4.78 is 67.0. The predicted molar refractivity (Wildman–Crippen MR) is 127 cm³/mol. The highest BCUT2D eigenvalue weighted by molar-refractivity contribution is 6.31. The molecule has 1 heterocycles. The molecule has 1 saturated heterocycles. The van der Waals surface area contributed by atoms with Crippen LogP contribution in [0.3, 0.4) is 0 Å². The summed E-state index contributed by atoms with van der Waals surface area (Å²) in [6, 6.07) is 6.79. The predicted octanol–water partition coefficient (Wildman–Crippen LogP) is 4.97. The smallest absolute Gasteiger partial charge is 0.367 e. The monoisotopic (exact) mass is 532 g/mol. The Bertz CT molecular complexity index is 1130. The molecule has 6 nitrogen and oxygen atoms in total. The van der Waals surface area contributed by atoms with Gasteiger partial charge in [0.05, 0.1) is 23.4 Å². The van der Waals surface area contributed by atoms with E-state index in [-0.39, 0.29) is 24.7 Å². The molecule has 0 unspecified atom stereocenters. The van der Waals surface area contributed by atoms with Gasteiger partial charge in [-0.15, -0.1) is 0 Å². The minimum Gasteiger partial charge on any atom is -0.367 e. The van der Waals surface area contributed by atoms with Crippen molar-refractivity contribution in [2.45, 2.75) is 39.0 Å². The molecule has 12 heteroatoms. The third kappa shape index (κ3) is 7.07. The number of hydrogen-bond donors (Lipinski definition) is 2. The molecule has 36 heavy (non-hydrogen) atoms. The number of alkyl halides is 3. The zero-order chi connectivity index (χ0) is 26.6. The normalized spacial score (nSPS) is 16.7. The van der Waals surface area contributed by atoms with Crippen LogP contribution < -0.4 is 15.5 Å². The maximum absolute atomic E-state index is 14.6. The lowest BCUT2D eigenvalue weighted by Gasteiger charge is -2.41. The first-order valence-corrected chi connectivity index (χ1v) is 11.6. The number of hydrogen-bond acceptors (Lipinski definition) is 4. The van der Waals surface area contributed by atoms with Crippen LogP contribution in [0.4, 0.5) is 33.3 Å². The van der Waals surface area contributed by atoms with Gasteiger partial charge in [0.15, 0.2) is 11.6 Å². The van der Waals surface area contributed by atoms with Crippen molar-refractivity contribution in [3.8, 4) is 0 Å². The van der Waals surface area contributed by atoms with E-state index in [4.69, 9.17) is 11.6 Å². The molecule has 2 amide bonds. The lowest BCUT2D eigenvalue weighted by molar-refractivity contribution is -0.139. The van der Waals surface area contributed by atoms with E-state index in [2.05, 4.69) is 10.6 Å². The number of rotatable bonds is 7. The summed E-state index contributed by atoms with van der Waals surface area (Å²) in [5.41, 5.74) is 0.179. The molecular weight excluding hydrogens is 507 g/mol. The zero-order valence-corrected chi connectivity index (χ0v) is 20.4. The van der Waals surface area contributed by atoms with E-state index in [1.54, 1.807) is 11.0 Å². The first-order chi connectivity index (χ1) is 16.9. The second-order valence-electron chi connectivity index (χ2n) is 8.62. The van der Waals surface area contributed by atoms with Crippen molar-refractivity contribution < 1.29 is 31.5 Å². The van der Waals surface area contributed by atoms with Gasteiger partial charge in [-0.25, -0.2) is 8.78 Å². The maximum Gasteiger partial charge on any atom is 0.390 e. The van der Waals surface area contributed by atoms with Gasteiger partial charge in [-0.1, -0.05) is 17.7 Å². The highest BCUT2D eigenvalue weighted by Crippen LogP contribution is 2.32. The van der Waals surface area contributed by atoms with Crippen LogP contribution in [0.2, 0.25) is 5.02 Å². The Labute approximate surface area is 210 Å². The van der Waals surface area contributed by atoms with Crippen molar-refractivity contribution >= 4 is 34.8 Å². The lowest BCUT2D eigenvalue weighted by atomic mass is 10.1. The highest BCUT2D eigenvalue weighted by Gasteiger charge is 2.31. The topological polar surface area (TPSA) is 64.7 Å². The van der Waals surface area contributed by atoms with E-state index < -0.39 is 41.6 Å². The van der Waals surface area contributed by atoms with Gasteiger partial charge in [0.25, 0.3) is 5.91 Å². The number of carbonyl (C=O) groups excluding carboxylic acids is 2. The molecule has 2 aromatic carbocycles. The number of amides is 2. The largest absolute Gasteiger partial charge is 0.390 e. The number of nitrogens with one attached hydrogen (secondary N) is 2. The van der Waals surface area contributed by atoms with Gasteiger partial charge in [0.2, 0.25) is 5.91 Å². The summed E-state index contributed by atoms with van der Waals surface area (Å²) in [6.45, 7) is 3.84. The molecule has 0 aromatic heterocycles. The second kappa shape index (κ2) is 11.4. The Hall–Kier alpha value is -2.92. The van der Waals surface area contributed by atoms with Crippen molar-refractivity contribution in [1.82, 2.24) is 10.2 Å². The molecule has 0 saturated carbocycles. The van der Waals surface area contributed by atoms with Gasteiger partial charge in [-0.3, -0.25) is 14.5 Å². The van der Waals surface area contributed by atoms with Gasteiger partial charge < -0.3 is 15.5 Å². The van der Waals surface area contributed by atoms with Crippen molar-refractivity contribution in [2.24, 2.45) is 0 Å². The Kier molecular flexibility index (Phi) is 8.78. The summed E-state index contributed by atoms with van der Waals surface area (Å²) in [6.07, 6.45) is -5.14. The summed E-state index contributed by atoms with van der Waals surface area (Å²) in [7, 11) is 0. The van der Waals surface area contributed by atoms with Crippen LogP contribution in [0.5, 0.6) is 0 Å². The SMILES string of the molecule is CC(=O)NCc1ccc(C(=O)Nc2ccc(Cl)cc2N2CCN(CCC(F)(F)F)[C@H](C)C2)c(F)c1F. The molecule has 1 fully saturated rings. The van der Waals surface area contributed by atoms with E-state index in [1.807, 2.05) is 11.8 Å². The van der Waals surface area contributed by atoms with Gasteiger partial charge in [0, 0.05) is 56.3 Å². The first-order valence-electron chi connectivity index (χ1n) is 11.2. The number of benzene rings is 2. The third-order valence-corrected chi connectivity index (χ3v) is 6.17. The van der Waals surface area contributed by atoms with Crippen molar-refractivity contribution in [2.75, 3.05) is 36.4 Å². The molecule has 3 rings (SSSR count). The number of anilines is 2. The standard InChI is InChI=1S/C24H26ClF5N4O2/c1-14-13-34(10-9-33(14)8-7-24(28,29)30)20-11-17(25)4-6-19(20)32-23(36)18-5-3-16(12-31-15(2)35)21(26)22(18)27/h3-6,11,14H,7-10,12-13H2,1-2H3,(H,31,35)(H,32,36)/t14-/m1/s1. The molecule has 2 aromatic rings. The molecule has 0 radical (unpaired) electrons. The highest BCUT2D eigenvalue weighted by atomic mass is 35.5. The average Bonchev–Trinajstić information content (AvgIpc) is 2.79. The summed E-state index contributed by atoms with van der Waals surface area (Å²) >= 11 is 6.16. The fourth-order valence-corrected chi connectivity index (χ4v) is 4.17. The minimum atomic E-state index is -4.24. The maximum atomic E-state index is 14.6. The van der Waals surface area contributed by atoms with Crippen molar-refractivity contribution in [3.05, 3.63) is 58.1 Å². The molecule has 196 valence electrons. The van der Waals surface area contributed by atoms with Crippen LogP contribution in [0, 0.1) is 11.6 Å². The fraction of sp³-hybridized carbons (Fsp3) is 0.417. The second-order valence-corrected chi connectivity index (χ2v) is 9.06. The fourth-order valence-electron chi connectivity index (χ4n) is 4.00. The molecule has 0 aliphatic carbocycles. The van der Waals surface area contributed by atoms with Crippen LogP contribution in [0.1, 0.15) is 36.2 Å². The number of piperazine rings is 1. The van der Waals surface area contributed by atoms with Gasteiger partial charge in [0.1, 0.15) is 0 Å². The number of carbonyl (C=O) groups is 2. The molecule has 2 N–H and O–H groups in total. The van der Waals surface area contributed by atoms with Gasteiger partial charge in [-0.05, 0) is 31.2 Å². The van der Waals surface area contributed by atoms with Crippen molar-refractivity contribution in [1.29, 1.82) is 0 Å². The number of halogens is 6. The van der Waals surface area contributed by atoms with Gasteiger partial charge >= 0.3 is 6.18 Å². The molecule has 0 bridgehead atoms. The van der Waals surface area contributed by atoms with Crippen LogP contribution in [0.25, 0.3) is 0 Å². The number of nitrogens with zero attached hydrogens (tertiary/aromatic N) is 2. The average molecular weight is 533 g/mol. The van der Waals surface area contributed by atoms with Crippen molar-refractivity contribution in [3.63, 3.8) is 0 Å². The van der Waals surface area contributed by atoms with E-state index in [1.165, 1.54) is 25.1 Å². The summed E-state index contributed by atoms with van der Waals surface area (Å²) in [5.74, 6) is -3.89. The van der Waals surface area contributed by atoms with Crippen LogP contribution >= 0.6 is 11.6 Å². The molecule has 1 aliphatic heterocycles. The molecule has 0 spiro atoms. The zero-order valence-electron chi connectivity index (χ0n) is 19.7. The van der Waals surface area contributed by atoms with E-state index in [0.29, 0.717) is 36.0 Å². The molecular formula is C24H26ClF5N4O2. The van der Waals surface area contributed by atoms with Crippen LogP contribution in [-0.2, 0) is 11.3 Å². The lowest BCUT2D eigenvalue weighted by Crippen LogP contribution is -2.52. The minimum absolute atomic E-state index is 0.108. The van der Waals surface area contributed by atoms with Crippen LogP contribution in [0.15, 0.2) is 30.3 Å². The summed E-state index contributed by atoms with van der Waals surface area (Å²) in [4.78, 5) is 27.5. The molecule has 1 atom stereocenters. The summed E-state index contributed by atoms with van der Waals surface area (Å²) in [5, 5.41) is 5.32. The quantitative estimate of drug-likeness (QED) is 0.494.